The lowest BCUT2D eigenvalue weighted by atomic mass is 9.93. The molecule has 3 heteroatoms. The lowest BCUT2D eigenvalue weighted by molar-refractivity contribution is 0.571. The minimum atomic E-state index is 0.141. The minimum Gasteiger partial charge on any atom is -0.317 e. The van der Waals surface area contributed by atoms with E-state index in [4.69, 9.17) is 4.98 Å². The van der Waals surface area contributed by atoms with Crippen LogP contribution in [-0.4, -0.2) is 18.1 Å². The number of rotatable bonds is 5. The molecule has 2 aromatic rings. The summed E-state index contributed by atoms with van der Waals surface area (Å²) in [5.41, 5.74) is 4.06. The fraction of sp³-hybridized carbons (Fsp3) is 0.500. The summed E-state index contributed by atoms with van der Waals surface area (Å²) >= 11 is 1.77. The summed E-state index contributed by atoms with van der Waals surface area (Å²) in [6, 6.07) is 9.46. The van der Waals surface area contributed by atoms with Gasteiger partial charge in [-0.15, -0.1) is 11.3 Å². The van der Waals surface area contributed by atoms with E-state index in [1.165, 1.54) is 21.8 Å². The Hall–Kier alpha value is -1.19. The number of hydrogen-bond donors (Lipinski definition) is 1. The van der Waals surface area contributed by atoms with Crippen molar-refractivity contribution in [2.75, 3.05) is 7.05 Å². The van der Waals surface area contributed by atoms with Crippen LogP contribution < -0.4 is 5.32 Å². The highest BCUT2D eigenvalue weighted by atomic mass is 32.1. The molecule has 0 saturated carbocycles. The maximum atomic E-state index is 4.77. The lowest BCUT2D eigenvalue weighted by Gasteiger charge is -2.14. The average molecular weight is 302 g/mol. The summed E-state index contributed by atoms with van der Waals surface area (Å²) in [5.74, 6) is 0. The first kappa shape index (κ1) is 16.2. The van der Waals surface area contributed by atoms with Crippen molar-refractivity contribution in [2.24, 2.45) is 0 Å². The highest BCUT2D eigenvalue weighted by Gasteiger charge is 2.17. The van der Waals surface area contributed by atoms with Crippen LogP contribution in [0.2, 0.25) is 0 Å². The first-order valence-electron chi connectivity index (χ1n) is 7.58. The molecule has 0 saturated heterocycles. The average Bonchev–Trinajstić information content (AvgIpc) is 2.89. The van der Waals surface area contributed by atoms with Crippen LogP contribution in [0.15, 0.2) is 29.6 Å². The van der Waals surface area contributed by atoms with Crippen molar-refractivity contribution in [3.63, 3.8) is 0 Å². The van der Waals surface area contributed by atoms with Gasteiger partial charge in [-0.2, -0.15) is 0 Å². The second-order valence-corrected chi connectivity index (χ2v) is 7.71. The molecule has 1 aromatic carbocycles. The Kier molecular flexibility index (Phi) is 5.17. The SMILES string of the molecule is CNC(C)Cc1ccc(Cc2nc(C(C)(C)C)cs2)cc1. The third kappa shape index (κ3) is 4.65. The minimum absolute atomic E-state index is 0.141. The van der Waals surface area contributed by atoms with Crippen molar-refractivity contribution < 1.29 is 0 Å². The Bertz CT molecular complexity index is 564. The predicted molar refractivity (Wildman–Crippen MR) is 92.3 cm³/mol. The molecule has 1 unspecified atom stereocenters. The molecule has 1 heterocycles. The van der Waals surface area contributed by atoms with Gasteiger partial charge in [0.2, 0.25) is 0 Å². The predicted octanol–water partition coefficient (Wildman–Crippen LogP) is 4.18. The van der Waals surface area contributed by atoms with Crippen LogP contribution in [0.25, 0.3) is 0 Å². The summed E-state index contributed by atoms with van der Waals surface area (Å²) in [6.07, 6.45) is 2.00. The van der Waals surface area contributed by atoms with Crippen LogP contribution in [0.3, 0.4) is 0 Å². The molecule has 21 heavy (non-hydrogen) atoms. The molecule has 1 N–H and O–H groups in total. The van der Waals surface area contributed by atoms with Gasteiger partial charge in [-0.1, -0.05) is 45.0 Å². The number of aromatic nitrogens is 1. The third-order valence-electron chi connectivity index (χ3n) is 3.73. The smallest absolute Gasteiger partial charge is 0.0972 e. The molecule has 2 nitrogen and oxygen atoms in total. The molecule has 0 bridgehead atoms. The van der Waals surface area contributed by atoms with E-state index in [1.807, 2.05) is 7.05 Å². The maximum absolute atomic E-state index is 4.77. The third-order valence-corrected chi connectivity index (χ3v) is 4.58. The second-order valence-electron chi connectivity index (χ2n) is 6.76. The maximum Gasteiger partial charge on any atom is 0.0972 e. The van der Waals surface area contributed by atoms with Crippen molar-refractivity contribution in [1.82, 2.24) is 10.3 Å². The van der Waals surface area contributed by atoms with E-state index in [2.05, 4.69) is 62.7 Å². The van der Waals surface area contributed by atoms with E-state index in [0.717, 1.165) is 12.8 Å². The molecular formula is C18H26N2S. The van der Waals surface area contributed by atoms with Gasteiger partial charge in [-0.05, 0) is 31.5 Å². The molecule has 0 radical (unpaired) electrons. The first-order valence-corrected chi connectivity index (χ1v) is 8.46. The zero-order chi connectivity index (χ0) is 15.5. The number of likely N-dealkylation sites (N-methyl/N-ethyl adjacent to an activating group) is 1. The summed E-state index contributed by atoms with van der Waals surface area (Å²) in [7, 11) is 2.01. The molecule has 0 aliphatic heterocycles. The quantitative estimate of drug-likeness (QED) is 0.896. The van der Waals surface area contributed by atoms with Crippen LogP contribution in [0.5, 0.6) is 0 Å². The highest BCUT2D eigenvalue weighted by molar-refractivity contribution is 7.09. The van der Waals surface area contributed by atoms with Gasteiger partial charge in [-0.25, -0.2) is 4.98 Å². The Labute approximate surface area is 132 Å². The van der Waals surface area contributed by atoms with Crippen LogP contribution >= 0.6 is 11.3 Å². The van der Waals surface area contributed by atoms with Crippen LogP contribution in [0, 0.1) is 0 Å². The van der Waals surface area contributed by atoms with Crippen LogP contribution in [-0.2, 0) is 18.3 Å². The first-order chi connectivity index (χ1) is 9.88. The summed E-state index contributed by atoms with van der Waals surface area (Å²) in [5, 5.41) is 6.67. The van der Waals surface area contributed by atoms with Crippen molar-refractivity contribution in [1.29, 1.82) is 0 Å². The van der Waals surface area contributed by atoms with E-state index in [-0.39, 0.29) is 5.41 Å². The second kappa shape index (κ2) is 6.71. The highest BCUT2D eigenvalue weighted by Crippen LogP contribution is 2.25. The molecule has 114 valence electrons. The fourth-order valence-electron chi connectivity index (χ4n) is 2.16. The Morgan fingerprint density at radius 1 is 1.14 bits per heavy atom. The van der Waals surface area contributed by atoms with Crippen LogP contribution in [0.4, 0.5) is 0 Å². The van der Waals surface area contributed by atoms with Gasteiger partial charge in [-0.3, -0.25) is 0 Å². The van der Waals surface area contributed by atoms with Crippen molar-refractivity contribution in [2.45, 2.75) is 52.0 Å². The fourth-order valence-corrected chi connectivity index (χ4v) is 3.21. The van der Waals surface area contributed by atoms with Crippen LogP contribution in [0.1, 0.15) is 49.5 Å². The van der Waals surface area contributed by atoms with Gasteiger partial charge in [0.1, 0.15) is 0 Å². The molecule has 0 aliphatic rings. The van der Waals surface area contributed by atoms with Crippen molar-refractivity contribution in [3.8, 4) is 0 Å². The molecule has 0 spiro atoms. The monoisotopic (exact) mass is 302 g/mol. The van der Waals surface area contributed by atoms with Gasteiger partial charge in [0.15, 0.2) is 0 Å². The normalized spacial score (nSPS) is 13.4. The van der Waals surface area contributed by atoms with Gasteiger partial charge >= 0.3 is 0 Å². The molecule has 0 fully saturated rings. The van der Waals surface area contributed by atoms with Gasteiger partial charge in [0.25, 0.3) is 0 Å². The van der Waals surface area contributed by atoms with E-state index < -0.39 is 0 Å². The van der Waals surface area contributed by atoms with Gasteiger partial charge in [0, 0.05) is 23.3 Å². The van der Waals surface area contributed by atoms with E-state index in [9.17, 15) is 0 Å². The molecule has 0 aliphatic carbocycles. The van der Waals surface area contributed by atoms with Crippen molar-refractivity contribution in [3.05, 3.63) is 51.5 Å². The topological polar surface area (TPSA) is 24.9 Å². The Balaban J connectivity index is 2.02. The molecule has 2 rings (SSSR count). The Morgan fingerprint density at radius 2 is 1.76 bits per heavy atom. The standard InChI is InChI=1S/C18H26N2S/c1-13(19-5)10-14-6-8-15(9-7-14)11-17-20-16(12-21-17)18(2,3)4/h6-9,12-13,19H,10-11H2,1-5H3. The zero-order valence-corrected chi connectivity index (χ0v) is 14.6. The van der Waals surface area contributed by atoms with Crippen molar-refractivity contribution >= 4 is 11.3 Å². The summed E-state index contributed by atoms with van der Waals surface area (Å²) in [4.78, 5) is 4.77. The number of nitrogens with one attached hydrogen (secondary N) is 1. The lowest BCUT2D eigenvalue weighted by Crippen LogP contribution is -2.23. The summed E-state index contributed by atoms with van der Waals surface area (Å²) < 4.78 is 0. The number of hydrogen-bond acceptors (Lipinski definition) is 3. The van der Waals surface area contributed by atoms with E-state index >= 15 is 0 Å². The van der Waals surface area contributed by atoms with Gasteiger partial charge in [0.05, 0.1) is 10.7 Å². The van der Waals surface area contributed by atoms with Gasteiger partial charge < -0.3 is 5.32 Å². The number of benzene rings is 1. The Morgan fingerprint density at radius 3 is 2.29 bits per heavy atom. The summed E-state index contributed by atoms with van der Waals surface area (Å²) in [6.45, 7) is 8.84. The molecular weight excluding hydrogens is 276 g/mol. The van der Waals surface area contributed by atoms with E-state index in [1.54, 1.807) is 11.3 Å². The van der Waals surface area contributed by atoms with E-state index in [0.29, 0.717) is 6.04 Å². The molecule has 0 amide bonds. The molecule has 1 aromatic heterocycles. The zero-order valence-electron chi connectivity index (χ0n) is 13.7. The number of nitrogens with zero attached hydrogens (tertiary/aromatic N) is 1. The molecule has 1 atom stereocenters. The largest absolute Gasteiger partial charge is 0.317 e. The number of thiazole rings is 1.